The van der Waals surface area contributed by atoms with Gasteiger partial charge in [-0.15, -0.1) is 0 Å². The van der Waals surface area contributed by atoms with Crippen LogP contribution in [0, 0.1) is 0 Å². The first-order valence-electron chi connectivity index (χ1n) is 5.33. The molecule has 0 spiro atoms. The van der Waals surface area contributed by atoms with E-state index in [1.165, 1.54) is 5.56 Å². The Hall–Kier alpha value is -1.28. The predicted octanol–water partition coefficient (Wildman–Crippen LogP) is 4.62. The molecule has 1 N–H and O–H groups in total. The van der Waals surface area contributed by atoms with Gasteiger partial charge in [-0.25, -0.2) is 0 Å². The van der Waals surface area contributed by atoms with Crippen molar-refractivity contribution in [3.8, 4) is 0 Å². The average Bonchev–Trinajstić information content (AvgIpc) is 2.33. The zero-order chi connectivity index (χ0) is 11.4. The fourth-order valence-electron chi connectivity index (χ4n) is 1.64. The highest BCUT2D eigenvalue weighted by Gasteiger charge is 2.05. The van der Waals surface area contributed by atoms with Gasteiger partial charge in [0, 0.05) is 16.2 Å². The number of benzene rings is 2. The minimum absolute atomic E-state index is 0.305. The van der Waals surface area contributed by atoms with Crippen LogP contribution >= 0.6 is 15.9 Å². The summed E-state index contributed by atoms with van der Waals surface area (Å²) >= 11 is 3.53. The van der Waals surface area contributed by atoms with Crippen LogP contribution in [0.4, 0.5) is 5.69 Å². The second-order valence-corrected chi connectivity index (χ2v) is 4.61. The molecule has 0 saturated heterocycles. The van der Waals surface area contributed by atoms with Gasteiger partial charge < -0.3 is 5.32 Å². The molecular weight excluding hydrogens is 262 g/mol. The van der Waals surface area contributed by atoms with Crippen molar-refractivity contribution in [2.24, 2.45) is 0 Å². The van der Waals surface area contributed by atoms with Crippen molar-refractivity contribution in [1.82, 2.24) is 0 Å². The van der Waals surface area contributed by atoms with E-state index in [1.54, 1.807) is 0 Å². The Morgan fingerprint density at radius 1 is 0.938 bits per heavy atom. The number of para-hydroxylation sites is 1. The summed E-state index contributed by atoms with van der Waals surface area (Å²) in [6.07, 6.45) is 0. The van der Waals surface area contributed by atoms with E-state index in [-0.39, 0.29) is 0 Å². The Morgan fingerprint density at radius 2 is 1.56 bits per heavy atom. The van der Waals surface area contributed by atoms with Gasteiger partial charge in [-0.3, -0.25) is 0 Å². The summed E-state index contributed by atoms with van der Waals surface area (Å²) < 4.78 is 1.10. The van der Waals surface area contributed by atoms with Crippen molar-refractivity contribution in [2.45, 2.75) is 13.0 Å². The molecule has 0 amide bonds. The van der Waals surface area contributed by atoms with E-state index in [4.69, 9.17) is 0 Å². The number of rotatable bonds is 3. The molecule has 0 saturated carbocycles. The van der Waals surface area contributed by atoms with E-state index in [0.29, 0.717) is 6.04 Å². The SMILES string of the molecule is C[C@@H](Nc1ccccc1Br)c1ccccc1. The lowest BCUT2D eigenvalue weighted by Crippen LogP contribution is -2.06. The van der Waals surface area contributed by atoms with Crippen LogP contribution < -0.4 is 5.32 Å². The van der Waals surface area contributed by atoms with Gasteiger partial charge in [-0.05, 0) is 40.5 Å². The van der Waals surface area contributed by atoms with Crippen LogP contribution in [0.1, 0.15) is 18.5 Å². The predicted molar refractivity (Wildman–Crippen MR) is 72.6 cm³/mol. The highest BCUT2D eigenvalue weighted by atomic mass is 79.9. The third-order valence-corrected chi connectivity index (χ3v) is 3.24. The molecule has 0 aromatic heterocycles. The number of nitrogens with one attached hydrogen (secondary N) is 1. The van der Waals surface area contributed by atoms with Gasteiger partial charge >= 0.3 is 0 Å². The molecule has 0 aliphatic rings. The van der Waals surface area contributed by atoms with Crippen LogP contribution in [0.25, 0.3) is 0 Å². The second kappa shape index (κ2) is 5.17. The lowest BCUT2D eigenvalue weighted by molar-refractivity contribution is 0.884. The zero-order valence-corrected chi connectivity index (χ0v) is 10.7. The molecule has 1 nitrogen and oxygen atoms in total. The molecule has 0 aliphatic heterocycles. The third kappa shape index (κ3) is 2.64. The van der Waals surface area contributed by atoms with E-state index in [9.17, 15) is 0 Å². The standard InChI is InChI=1S/C14H14BrN/c1-11(12-7-3-2-4-8-12)16-14-10-6-5-9-13(14)15/h2-11,16H,1H3/t11-/m1/s1. The molecule has 2 aromatic carbocycles. The molecule has 82 valence electrons. The van der Waals surface area contributed by atoms with Gasteiger partial charge in [0.2, 0.25) is 0 Å². The molecule has 0 fully saturated rings. The topological polar surface area (TPSA) is 12.0 Å². The maximum atomic E-state index is 3.53. The molecule has 2 heteroatoms. The minimum atomic E-state index is 0.305. The fraction of sp³-hybridized carbons (Fsp3) is 0.143. The Bertz CT molecular complexity index is 453. The quantitative estimate of drug-likeness (QED) is 0.862. The number of anilines is 1. The molecular formula is C14H14BrN. The summed E-state index contributed by atoms with van der Waals surface area (Å²) in [6.45, 7) is 2.16. The van der Waals surface area contributed by atoms with Crippen LogP contribution in [0.5, 0.6) is 0 Å². The maximum Gasteiger partial charge on any atom is 0.0489 e. The van der Waals surface area contributed by atoms with Gasteiger partial charge in [-0.2, -0.15) is 0 Å². The van der Waals surface area contributed by atoms with Crippen LogP contribution in [-0.4, -0.2) is 0 Å². The smallest absolute Gasteiger partial charge is 0.0489 e. The maximum absolute atomic E-state index is 3.53. The minimum Gasteiger partial charge on any atom is -0.378 e. The molecule has 0 heterocycles. The first-order valence-corrected chi connectivity index (χ1v) is 6.12. The summed E-state index contributed by atoms with van der Waals surface area (Å²) in [5, 5.41) is 3.48. The number of halogens is 1. The van der Waals surface area contributed by atoms with E-state index >= 15 is 0 Å². The van der Waals surface area contributed by atoms with Gasteiger partial charge in [0.05, 0.1) is 0 Å². The summed E-state index contributed by atoms with van der Waals surface area (Å²) in [7, 11) is 0. The lowest BCUT2D eigenvalue weighted by atomic mass is 10.1. The average molecular weight is 276 g/mol. The van der Waals surface area contributed by atoms with Crippen molar-refractivity contribution in [2.75, 3.05) is 5.32 Å². The van der Waals surface area contributed by atoms with Crippen molar-refractivity contribution >= 4 is 21.6 Å². The highest BCUT2D eigenvalue weighted by molar-refractivity contribution is 9.10. The first-order chi connectivity index (χ1) is 7.77. The summed E-state index contributed by atoms with van der Waals surface area (Å²) in [5.74, 6) is 0. The molecule has 2 rings (SSSR count). The Morgan fingerprint density at radius 3 is 2.25 bits per heavy atom. The van der Waals surface area contributed by atoms with Crippen LogP contribution in [0.2, 0.25) is 0 Å². The van der Waals surface area contributed by atoms with E-state index in [1.807, 2.05) is 24.3 Å². The largest absolute Gasteiger partial charge is 0.378 e. The van der Waals surface area contributed by atoms with E-state index in [0.717, 1.165) is 10.2 Å². The normalized spacial score (nSPS) is 12.1. The van der Waals surface area contributed by atoms with Gasteiger partial charge in [0.15, 0.2) is 0 Å². The van der Waals surface area contributed by atoms with Crippen molar-refractivity contribution in [3.05, 3.63) is 64.6 Å². The monoisotopic (exact) mass is 275 g/mol. The van der Waals surface area contributed by atoms with Crippen molar-refractivity contribution in [3.63, 3.8) is 0 Å². The van der Waals surface area contributed by atoms with Gasteiger partial charge in [0.25, 0.3) is 0 Å². The molecule has 0 radical (unpaired) electrons. The molecule has 0 aliphatic carbocycles. The zero-order valence-electron chi connectivity index (χ0n) is 9.15. The van der Waals surface area contributed by atoms with Crippen molar-refractivity contribution < 1.29 is 0 Å². The second-order valence-electron chi connectivity index (χ2n) is 3.76. The third-order valence-electron chi connectivity index (χ3n) is 2.55. The summed E-state index contributed by atoms with van der Waals surface area (Å²) in [5.41, 5.74) is 2.41. The van der Waals surface area contributed by atoms with Gasteiger partial charge in [-0.1, -0.05) is 42.5 Å². The summed E-state index contributed by atoms with van der Waals surface area (Å²) in [6, 6.07) is 18.9. The summed E-state index contributed by atoms with van der Waals surface area (Å²) in [4.78, 5) is 0. The van der Waals surface area contributed by atoms with Crippen LogP contribution in [-0.2, 0) is 0 Å². The first kappa shape index (κ1) is 11.2. The Kier molecular flexibility index (Phi) is 3.62. The van der Waals surface area contributed by atoms with E-state index < -0.39 is 0 Å². The molecule has 16 heavy (non-hydrogen) atoms. The van der Waals surface area contributed by atoms with Crippen LogP contribution in [0.3, 0.4) is 0 Å². The fourth-order valence-corrected chi connectivity index (χ4v) is 2.04. The van der Waals surface area contributed by atoms with Gasteiger partial charge in [0.1, 0.15) is 0 Å². The molecule has 0 bridgehead atoms. The van der Waals surface area contributed by atoms with Crippen LogP contribution in [0.15, 0.2) is 59.1 Å². The van der Waals surface area contributed by atoms with Crippen molar-refractivity contribution in [1.29, 1.82) is 0 Å². The molecule has 1 atom stereocenters. The highest BCUT2D eigenvalue weighted by Crippen LogP contribution is 2.25. The number of hydrogen-bond donors (Lipinski definition) is 1. The Balaban J connectivity index is 2.14. The molecule has 0 unspecified atom stereocenters. The Labute approximate surface area is 105 Å². The number of hydrogen-bond acceptors (Lipinski definition) is 1. The van der Waals surface area contributed by atoms with E-state index in [2.05, 4.69) is 58.5 Å². The lowest BCUT2D eigenvalue weighted by Gasteiger charge is -2.16. The molecule has 2 aromatic rings.